The largest absolute Gasteiger partial charge is 0.462 e. The summed E-state index contributed by atoms with van der Waals surface area (Å²) in [6, 6.07) is 0.319. The molecule has 4 nitrogen and oxygen atoms in total. The first-order valence-corrected chi connectivity index (χ1v) is 5.39. The van der Waals surface area contributed by atoms with Gasteiger partial charge >= 0.3 is 5.97 Å². The van der Waals surface area contributed by atoms with Crippen LogP contribution >= 0.6 is 0 Å². The lowest BCUT2D eigenvalue weighted by Crippen LogP contribution is -2.39. The Bertz CT molecular complexity index is 181. The van der Waals surface area contributed by atoms with E-state index in [1.54, 1.807) is 7.11 Å². The van der Waals surface area contributed by atoms with Crippen molar-refractivity contribution < 1.29 is 14.3 Å². The van der Waals surface area contributed by atoms with Crippen LogP contribution in [0, 0.1) is 0 Å². The van der Waals surface area contributed by atoms with Crippen LogP contribution in [-0.2, 0) is 14.3 Å². The van der Waals surface area contributed by atoms with E-state index in [4.69, 9.17) is 9.47 Å². The molecule has 0 spiro atoms. The van der Waals surface area contributed by atoms with Crippen molar-refractivity contribution >= 4 is 5.97 Å². The van der Waals surface area contributed by atoms with Gasteiger partial charge in [-0.25, -0.2) is 0 Å². The third kappa shape index (κ3) is 7.33. The third-order valence-electron chi connectivity index (χ3n) is 2.01. The SMILES string of the molecule is COCCN(CC(=O)OC(C)C)C(C)C. The maximum Gasteiger partial charge on any atom is 0.320 e. The number of rotatable bonds is 7. The quantitative estimate of drug-likeness (QED) is 0.602. The first kappa shape index (κ1) is 14.4. The molecule has 0 saturated carbocycles. The summed E-state index contributed by atoms with van der Waals surface area (Å²) in [5, 5.41) is 0. The highest BCUT2D eigenvalue weighted by Gasteiger charge is 2.15. The minimum Gasteiger partial charge on any atom is -0.462 e. The van der Waals surface area contributed by atoms with E-state index in [2.05, 4.69) is 13.8 Å². The molecule has 0 amide bonds. The van der Waals surface area contributed by atoms with Crippen LogP contribution in [0.1, 0.15) is 27.7 Å². The standard InChI is InChI=1S/C11H23NO3/c1-9(2)12(6-7-14-5)8-11(13)15-10(3)4/h9-10H,6-8H2,1-5H3. The van der Waals surface area contributed by atoms with Crippen molar-refractivity contribution in [1.82, 2.24) is 4.90 Å². The van der Waals surface area contributed by atoms with Gasteiger partial charge in [0, 0.05) is 19.7 Å². The summed E-state index contributed by atoms with van der Waals surface area (Å²) in [7, 11) is 1.66. The number of carbonyl (C=O) groups excluding carboxylic acids is 1. The highest BCUT2D eigenvalue weighted by Crippen LogP contribution is 1.99. The lowest BCUT2D eigenvalue weighted by molar-refractivity contribution is -0.149. The first-order chi connectivity index (χ1) is 6.97. The van der Waals surface area contributed by atoms with Crippen LogP contribution in [0.2, 0.25) is 0 Å². The van der Waals surface area contributed by atoms with Gasteiger partial charge in [0.05, 0.1) is 19.3 Å². The molecule has 0 bridgehead atoms. The molecule has 0 atom stereocenters. The fourth-order valence-corrected chi connectivity index (χ4v) is 1.19. The molecule has 0 radical (unpaired) electrons. The lowest BCUT2D eigenvalue weighted by Gasteiger charge is -2.25. The Morgan fingerprint density at radius 1 is 1.27 bits per heavy atom. The Balaban J connectivity index is 3.98. The molecule has 0 aromatic rings. The van der Waals surface area contributed by atoms with Gasteiger partial charge in [-0.05, 0) is 27.7 Å². The normalized spacial score (nSPS) is 11.5. The second-order valence-electron chi connectivity index (χ2n) is 4.10. The number of hydrogen-bond donors (Lipinski definition) is 0. The van der Waals surface area contributed by atoms with Gasteiger partial charge in [0.2, 0.25) is 0 Å². The van der Waals surface area contributed by atoms with E-state index in [1.165, 1.54) is 0 Å². The highest BCUT2D eigenvalue weighted by molar-refractivity contribution is 5.71. The smallest absolute Gasteiger partial charge is 0.320 e. The topological polar surface area (TPSA) is 38.8 Å². The van der Waals surface area contributed by atoms with Crippen LogP contribution in [0.3, 0.4) is 0 Å². The van der Waals surface area contributed by atoms with Crippen molar-refractivity contribution in [3.8, 4) is 0 Å². The second-order valence-corrected chi connectivity index (χ2v) is 4.10. The summed E-state index contributed by atoms with van der Waals surface area (Å²) >= 11 is 0. The maximum absolute atomic E-state index is 11.4. The van der Waals surface area contributed by atoms with Gasteiger partial charge in [-0.1, -0.05) is 0 Å². The van der Waals surface area contributed by atoms with Gasteiger partial charge in [0.1, 0.15) is 0 Å². The average molecular weight is 217 g/mol. The van der Waals surface area contributed by atoms with Crippen LogP contribution in [0.4, 0.5) is 0 Å². The molecular formula is C11H23NO3. The van der Waals surface area contributed by atoms with E-state index in [9.17, 15) is 4.79 Å². The van der Waals surface area contributed by atoms with Crippen molar-refractivity contribution in [2.75, 3.05) is 26.8 Å². The van der Waals surface area contributed by atoms with Crippen LogP contribution in [0.15, 0.2) is 0 Å². The third-order valence-corrected chi connectivity index (χ3v) is 2.01. The van der Waals surface area contributed by atoms with E-state index in [0.717, 1.165) is 6.54 Å². The Kier molecular flexibility index (Phi) is 7.34. The van der Waals surface area contributed by atoms with Crippen molar-refractivity contribution in [1.29, 1.82) is 0 Å². The predicted octanol–water partition coefficient (Wildman–Crippen LogP) is 1.29. The summed E-state index contributed by atoms with van der Waals surface area (Å²) < 4.78 is 10.1. The van der Waals surface area contributed by atoms with E-state index in [0.29, 0.717) is 19.2 Å². The zero-order valence-corrected chi connectivity index (χ0v) is 10.4. The van der Waals surface area contributed by atoms with Gasteiger partial charge in [-0.2, -0.15) is 0 Å². The van der Waals surface area contributed by atoms with Crippen molar-refractivity contribution in [2.45, 2.75) is 39.8 Å². The highest BCUT2D eigenvalue weighted by atomic mass is 16.5. The van der Waals surface area contributed by atoms with Gasteiger partial charge in [-0.3, -0.25) is 9.69 Å². The number of esters is 1. The van der Waals surface area contributed by atoms with Crippen molar-refractivity contribution in [2.24, 2.45) is 0 Å². The van der Waals surface area contributed by atoms with Crippen LogP contribution in [0.25, 0.3) is 0 Å². The van der Waals surface area contributed by atoms with Crippen LogP contribution in [-0.4, -0.2) is 49.8 Å². The molecule has 0 aromatic heterocycles. The molecule has 0 fully saturated rings. The number of nitrogens with zero attached hydrogens (tertiary/aromatic N) is 1. The molecule has 0 aliphatic rings. The zero-order chi connectivity index (χ0) is 11.8. The number of carbonyl (C=O) groups is 1. The molecule has 0 rings (SSSR count). The molecular weight excluding hydrogens is 194 g/mol. The van der Waals surface area contributed by atoms with Gasteiger partial charge in [0.25, 0.3) is 0 Å². The number of methoxy groups -OCH3 is 1. The fourth-order valence-electron chi connectivity index (χ4n) is 1.19. The summed E-state index contributed by atoms with van der Waals surface area (Å²) in [5.41, 5.74) is 0. The number of ether oxygens (including phenoxy) is 2. The Labute approximate surface area is 92.5 Å². The van der Waals surface area contributed by atoms with Gasteiger partial charge in [0.15, 0.2) is 0 Å². The molecule has 0 heterocycles. The molecule has 15 heavy (non-hydrogen) atoms. The Hall–Kier alpha value is -0.610. The Morgan fingerprint density at radius 3 is 2.27 bits per heavy atom. The van der Waals surface area contributed by atoms with E-state index >= 15 is 0 Å². The molecule has 0 unspecified atom stereocenters. The first-order valence-electron chi connectivity index (χ1n) is 5.39. The van der Waals surface area contributed by atoms with E-state index < -0.39 is 0 Å². The number of hydrogen-bond acceptors (Lipinski definition) is 4. The minimum absolute atomic E-state index is 0.0473. The van der Waals surface area contributed by atoms with Crippen molar-refractivity contribution in [3.63, 3.8) is 0 Å². The van der Waals surface area contributed by atoms with Crippen LogP contribution in [0.5, 0.6) is 0 Å². The molecule has 0 aromatic carbocycles. The molecule has 0 aliphatic heterocycles. The summed E-state index contributed by atoms with van der Waals surface area (Å²) in [5.74, 6) is -0.171. The van der Waals surface area contributed by atoms with Gasteiger partial charge < -0.3 is 9.47 Å². The molecule has 4 heteroatoms. The molecule has 90 valence electrons. The van der Waals surface area contributed by atoms with E-state index in [-0.39, 0.29) is 12.1 Å². The molecule has 0 saturated heterocycles. The molecule has 0 aliphatic carbocycles. The fraction of sp³-hybridized carbons (Fsp3) is 0.909. The molecule has 0 N–H and O–H groups in total. The second kappa shape index (κ2) is 7.65. The summed E-state index contributed by atoms with van der Waals surface area (Å²) in [4.78, 5) is 13.5. The summed E-state index contributed by atoms with van der Waals surface area (Å²) in [6.07, 6.45) is -0.0473. The van der Waals surface area contributed by atoms with E-state index in [1.807, 2.05) is 18.7 Å². The minimum atomic E-state index is -0.171. The zero-order valence-electron chi connectivity index (χ0n) is 10.4. The van der Waals surface area contributed by atoms with Gasteiger partial charge in [-0.15, -0.1) is 0 Å². The predicted molar refractivity (Wildman–Crippen MR) is 59.8 cm³/mol. The lowest BCUT2D eigenvalue weighted by atomic mass is 10.3. The maximum atomic E-state index is 11.4. The Morgan fingerprint density at radius 2 is 1.87 bits per heavy atom. The van der Waals surface area contributed by atoms with Crippen LogP contribution < -0.4 is 0 Å². The van der Waals surface area contributed by atoms with Crippen molar-refractivity contribution in [3.05, 3.63) is 0 Å². The average Bonchev–Trinajstić information content (AvgIpc) is 2.10. The monoisotopic (exact) mass is 217 g/mol. The summed E-state index contributed by atoms with van der Waals surface area (Å²) in [6.45, 7) is 9.53.